The molecule has 0 atom stereocenters. The van der Waals surface area contributed by atoms with E-state index in [-0.39, 0.29) is 21.1 Å². The topological polar surface area (TPSA) is 49.2 Å². The van der Waals surface area contributed by atoms with Gasteiger partial charge in [0.1, 0.15) is 5.82 Å². The third-order valence-electron chi connectivity index (χ3n) is 7.96. The second kappa shape index (κ2) is 12.2. The van der Waals surface area contributed by atoms with Gasteiger partial charge < -0.3 is 9.30 Å². The van der Waals surface area contributed by atoms with Gasteiger partial charge in [0.15, 0.2) is 5.69 Å². The number of aryl methyl sites for hydroxylation is 2. The van der Waals surface area contributed by atoms with Gasteiger partial charge in [-0.2, -0.15) is 17.2 Å². The molecule has 0 amide bonds. The van der Waals surface area contributed by atoms with Crippen LogP contribution < -0.4 is 4.74 Å². The van der Waals surface area contributed by atoms with E-state index >= 15 is 0 Å². The van der Waals surface area contributed by atoms with Crippen LogP contribution in [-0.4, -0.2) is 19.3 Å². The summed E-state index contributed by atoms with van der Waals surface area (Å²) in [5.74, 6) is 2.39. The molecule has 3 aromatic heterocycles. The molecule has 7 heteroatoms. The van der Waals surface area contributed by atoms with E-state index in [9.17, 15) is 0 Å². The molecule has 0 radical (unpaired) electrons. The molecular weight excluding hydrogens is 738 g/mol. The minimum absolute atomic E-state index is 0. The third-order valence-corrected chi connectivity index (χ3v) is 7.96. The fraction of sp³-hybridized carbons (Fsp3) is 0.132. The van der Waals surface area contributed by atoms with E-state index in [4.69, 9.17) is 16.3 Å². The minimum atomic E-state index is 0. The maximum atomic E-state index is 7.35. The van der Waals surface area contributed by atoms with Crippen LogP contribution in [0.5, 0.6) is 11.5 Å². The van der Waals surface area contributed by atoms with Crippen LogP contribution in [-0.2, 0) is 21.1 Å². The smallest absolute Gasteiger partial charge is 0.509 e. The van der Waals surface area contributed by atoms with Crippen LogP contribution in [0, 0.1) is 32.6 Å². The zero-order valence-corrected chi connectivity index (χ0v) is 27.5. The van der Waals surface area contributed by atoms with Gasteiger partial charge in [-0.3, -0.25) is 4.68 Å². The quantitative estimate of drug-likeness (QED) is 0.159. The molecule has 7 aromatic rings. The van der Waals surface area contributed by atoms with Crippen molar-refractivity contribution in [1.29, 1.82) is 0 Å². The molecule has 0 spiro atoms. The maximum Gasteiger partial charge on any atom is 2.00 e. The maximum absolute atomic E-state index is 7.35. The predicted molar refractivity (Wildman–Crippen MR) is 175 cm³/mol. The van der Waals surface area contributed by atoms with E-state index in [1.165, 1.54) is 5.56 Å². The molecule has 0 aliphatic rings. The average molecular weight is 767 g/mol. The van der Waals surface area contributed by atoms with E-state index < -0.39 is 0 Å². The SMILES string of the molecule is [C-]#[N+]c1cc(C)c(-c2cnn(-c3[c-]c(Oc4[c-]c5c(cc4)c4ccccc4n5-c4cc(C(C)C)ccn4)ccc3)c2)c(C)c1.[Pt+2]. The van der Waals surface area contributed by atoms with Crippen LogP contribution in [0.15, 0.2) is 97.5 Å². The summed E-state index contributed by atoms with van der Waals surface area (Å²) in [6, 6.07) is 33.1. The molecule has 4 aromatic carbocycles. The number of hydrogen-bond acceptors (Lipinski definition) is 3. The van der Waals surface area contributed by atoms with Crippen LogP contribution in [0.25, 0.3) is 49.3 Å². The van der Waals surface area contributed by atoms with Crippen molar-refractivity contribution in [3.63, 3.8) is 0 Å². The number of para-hydroxylation sites is 1. The Morgan fingerprint density at radius 3 is 2.42 bits per heavy atom. The predicted octanol–water partition coefficient (Wildman–Crippen LogP) is 9.71. The zero-order chi connectivity index (χ0) is 30.4. The van der Waals surface area contributed by atoms with Crippen LogP contribution in [0.4, 0.5) is 5.69 Å². The molecule has 0 aliphatic carbocycles. The number of pyridine rings is 1. The van der Waals surface area contributed by atoms with Crippen LogP contribution in [0.3, 0.4) is 0 Å². The molecule has 45 heavy (non-hydrogen) atoms. The van der Waals surface area contributed by atoms with E-state index in [1.54, 1.807) is 4.68 Å². The zero-order valence-electron chi connectivity index (χ0n) is 25.3. The minimum Gasteiger partial charge on any atom is -0.509 e. The van der Waals surface area contributed by atoms with Crippen molar-refractivity contribution in [2.24, 2.45) is 0 Å². The molecule has 7 rings (SSSR count). The first-order valence-electron chi connectivity index (χ1n) is 14.6. The largest absolute Gasteiger partial charge is 2.00 e. The monoisotopic (exact) mass is 766 g/mol. The molecular formula is C38H29N5OPt. The molecule has 0 saturated heterocycles. The number of hydrogen-bond donors (Lipinski definition) is 0. The molecule has 0 aliphatic heterocycles. The number of benzene rings is 4. The standard InChI is InChI=1S/C38H29N5O.Pt/c1-24(2)27-15-16-40-37(19-27)43-35-12-7-6-11-33(35)34-14-13-32(21-36(34)43)44-31-10-8-9-30(20-31)42-23-28(22-41-42)38-25(3)17-29(39-5)18-26(38)4;/h6-19,22-24H,1-4H3;/q-2;+2. The molecule has 6 nitrogen and oxygen atoms in total. The van der Waals surface area contributed by atoms with Gasteiger partial charge >= 0.3 is 21.1 Å². The number of fused-ring (bicyclic) bond motifs is 3. The number of ether oxygens (including phenoxy) is 1. The van der Waals surface area contributed by atoms with Gasteiger partial charge in [0.25, 0.3) is 0 Å². The van der Waals surface area contributed by atoms with Gasteiger partial charge in [-0.15, -0.1) is 35.7 Å². The van der Waals surface area contributed by atoms with Gasteiger partial charge in [-0.25, -0.2) is 9.83 Å². The molecule has 0 unspecified atom stereocenters. The summed E-state index contributed by atoms with van der Waals surface area (Å²) in [6.45, 7) is 15.8. The summed E-state index contributed by atoms with van der Waals surface area (Å²) < 4.78 is 10.3. The van der Waals surface area contributed by atoms with Gasteiger partial charge in [0.2, 0.25) is 0 Å². The first kappa shape index (κ1) is 30.1. The summed E-state index contributed by atoms with van der Waals surface area (Å²) >= 11 is 0. The van der Waals surface area contributed by atoms with Crippen molar-refractivity contribution in [2.75, 3.05) is 0 Å². The van der Waals surface area contributed by atoms with Crippen LogP contribution in [0.1, 0.15) is 36.5 Å². The number of rotatable bonds is 6. The third kappa shape index (κ3) is 5.57. The first-order valence-corrected chi connectivity index (χ1v) is 14.6. The average Bonchev–Trinajstić information content (AvgIpc) is 3.64. The number of nitrogens with zero attached hydrogens (tertiary/aromatic N) is 5. The van der Waals surface area contributed by atoms with Crippen LogP contribution in [0.2, 0.25) is 0 Å². The van der Waals surface area contributed by atoms with Crippen molar-refractivity contribution < 1.29 is 25.8 Å². The van der Waals surface area contributed by atoms with Crippen molar-refractivity contribution in [2.45, 2.75) is 33.6 Å². The van der Waals surface area contributed by atoms with Crippen LogP contribution >= 0.6 is 0 Å². The van der Waals surface area contributed by atoms with Crippen molar-refractivity contribution >= 4 is 27.5 Å². The normalized spacial score (nSPS) is 11.1. The van der Waals surface area contributed by atoms with E-state index in [0.29, 0.717) is 23.1 Å². The molecule has 0 bridgehead atoms. The fourth-order valence-electron chi connectivity index (χ4n) is 5.88. The Kier molecular flexibility index (Phi) is 8.14. The second-order valence-electron chi connectivity index (χ2n) is 11.3. The Balaban J connectivity index is 0.00000357. The Morgan fingerprint density at radius 1 is 0.867 bits per heavy atom. The second-order valence-corrected chi connectivity index (χ2v) is 11.3. The van der Waals surface area contributed by atoms with E-state index in [1.807, 2.05) is 74.9 Å². The Bertz CT molecular complexity index is 2210. The van der Waals surface area contributed by atoms with Gasteiger partial charge in [0.05, 0.1) is 12.8 Å². The van der Waals surface area contributed by atoms with E-state index in [0.717, 1.165) is 55.6 Å². The Labute approximate surface area is 277 Å². The molecule has 222 valence electrons. The Morgan fingerprint density at radius 2 is 1.64 bits per heavy atom. The molecule has 0 fully saturated rings. The summed E-state index contributed by atoms with van der Waals surface area (Å²) in [5.41, 5.74) is 8.77. The molecule has 0 saturated carbocycles. The molecule has 3 heterocycles. The first-order chi connectivity index (χ1) is 21.4. The van der Waals surface area contributed by atoms with E-state index in [2.05, 4.69) is 76.9 Å². The summed E-state index contributed by atoms with van der Waals surface area (Å²) in [4.78, 5) is 8.32. The molecule has 0 N–H and O–H groups in total. The van der Waals surface area contributed by atoms with Gasteiger partial charge in [0, 0.05) is 35.0 Å². The summed E-state index contributed by atoms with van der Waals surface area (Å²) in [7, 11) is 0. The fourth-order valence-corrected chi connectivity index (χ4v) is 5.88. The number of aromatic nitrogens is 4. The summed E-state index contributed by atoms with van der Waals surface area (Å²) in [6.07, 6.45) is 5.70. The van der Waals surface area contributed by atoms with Crippen molar-refractivity contribution in [1.82, 2.24) is 19.3 Å². The van der Waals surface area contributed by atoms with Crippen molar-refractivity contribution in [3.8, 4) is 34.1 Å². The van der Waals surface area contributed by atoms with Crippen molar-refractivity contribution in [3.05, 3.63) is 138 Å². The Hall–Kier alpha value is -4.98. The van der Waals surface area contributed by atoms with Gasteiger partial charge in [-0.05, 0) is 60.2 Å². The summed E-state index contributed by atoms with van der Waals surface area (Å²) in [5, 5.41) is 6.84. The van der Waals surface area contributed by atoms with Gasteiger partial charge in [-0.1, -0.05) is 60.8 Å².